The predicted octanol–water partition coefficient (Wildman–Crippen LogP) is 4.70. The molecule has 0 spiro atoms. The Bertz CT molecular complexity index is 1280. The van der Waals surface area contributed by atoms with Crippen molar-refractivity contribution < 1.29 is 71.5 Å². The first-order chi connectivity index (χ1) is 19.0. The molecule has 220 valence electrons. The van der Waals surface area contributed by atoms with Gasteiger partial charge in [-0.2, -0.15) is 24.3 Å². The summed E-state index contributed by atoms with van der Waals surface area (Å²) in [7, 11) is 0. The number of aryl methyl sites for hydroxylation is 2. The van der Waals surface area contributed by atoms with Crippen LogP contribution in [-0.2, 0) is 46.7 Å². The molecular formula is C36H44Cl2Si2Zr2-2. The van der Waals surface area contributed by atoms with E-state index < -0.39 is 0 Å². The third-order valence-electron chi connectivity index (χ3n) is 5.27. The third-order valence-corrected chi connectivity index (χ3v) is 5.27. The Morgan fingerprint density at radius 2 is 0.905 bits per heavy atom. The molecule has 6 rings (SSSR count). The van der Waals surface area contributed by atoms with E-state index in [4.69, 9.17) is 0 Å². The Hall–Kier alpha value is -0.600. The van der Waals surface area contributed by atoms with Crippen molar-refractivity contribution in [2.24, 2.45) is 0 Å². The second-order valence-electron chi connectivity index (χ2n) is 10.3. The zero-order valence-corrected chi connectivity index (χ0v) is 34.8. The standard InChI is InChI=1S/2C10H9.2C6H7.2C2H6Si.2ClH.2Zr/c2*1-8-6-9-4-2-3-5-10(9)7-8;2*1-6-4-2-3-5-6;2*1-3-2;;;;/h2*2-7H,1H3;2*4-5H,2H2,1H3;2*1-2H3;2*1H;;/q4*-1;;;;;2*+2/p-2. The molecule has 0 aromatic heterocycles. The summed E-state index contributed by atoms with van der Waals surface area (Å²) >= 11 is 3.48. The van der Waals surface area contributed by atoms with Crippen molar-refractivity contribution in [1.82, 2.24) is 0 Å². The first-order valence-corrected chi connectivity index (χ1v) is 26.1. The van der Waals surface area contributed by atoms with Crippen molar-refractivity contribution in [3.8, 4) is 0 Å². The van der Waals surface area contributed by atoms with E-state index in [0.29, 0.717) is 0 Å². The van der Waals surface area contributed by atoms with E-state index in [1.54, 1.807) is 46.7 Å². The second-order valence-corrected chi connectivity index (χ2v) is 29.1. The molecule has 0 heterocycles. The summed E-state index contributed by atoms with van der Waals surface area (Å²) in [6.07, 6.45) is 16.5. The molecule has 0 fully saturated rings. The van der Waals surface area contributed by atoms with Gasteiger partial charge in [0.2, 0.25) is 0 Å². The molecular weight excluding hydrogens is 742 g/mol. The number of fused-ring (bicyclic) bond motifs is 2. The van der Waals surface area contributed by atoms with Crippen LogP contribution < -0.4 is 24.8 Å². The van der Waals surface area contributed by atoms with Crippen LogP contribution in [0.2, 0.25) is 26.2 Å². The van der Waals surface area contributed by atoms with Crippen molar-refractivity contribution in [2.45, 2.75) is 66.7 Å². The minimum absolute atomic E-state index is 0. The Morgan fingerprint density at radius 1 is 0.595 bits per heavy atom. The molecule has 4 aromatic carbocycles. The molecule has 0 saturated carbocycles. The average Bonchev–Trinajstić information content (AvgIpc) is 3.67. The molecule has 0 amide bonds. The second kappa shape index (κ2) is 25.7. The number of hydrogen-bond donors (Lipinski definition) is 0. The van der Waals surface area contributed by atoms with Gasteiger partial charge in [0, 0.05) is 0 Å². The van der Waals surface area contributed by atoms with Crippen LogP contribution >= 0.6 is 0 Å². The van der Waals surface area contributed by atoms with E-state index in [-0.39, 0.29) is 35.7 Å². The predicted molar refractivity (Wildman–Crippen MR) is 176 cm³/mol. The van der Waals surface area contributed by atoms with Crippen LogP contribution in [0.15, 0.2) is 108 Å². The molecule has 0 bridgehead atoms. The number of hydrogen-bond acceptors (Lipinski definition) is 0. The van der Waals surface area contributed by atoms with E-state index in [2.05, 4.69) is 151 Å². The summed E-state index contributed by atoms with van der Waals surface area (Å²) in [5.41, 5.74) is 5.80. The third kappa shape index (κ3) is 22.0. The normalized spacial score (nSPS) is 11.6. The van der Waals surface area contributed by atoms with Crippen LogP contribution in [-0.4, -0.2) is 10.9 Å². The van der Waals surface area contributed by atoms with Gasteiger partial charge in [-0.1, -0.05) is 26.0 Å². The van der Waals surface area contributed by atoms with Crippen LogP contribution in [0.25, 0.3) is 21.5 Å². The van der Waals surface area contributed by atoms with Gasteiger partial charge in [0.1, 0.15) is 0 Å². The van der Waals surface area contributed by atoms with E-state index >= 15 is 0 Å². The topological polar surface area (TPSA) is 0 Å². The van der Waals surface area contributed by atoms with Crippen LogP contribution in [0.5, 0.6) is 0 Å². The Balaban J connectivity index is 0. The van der Waals surface area contributed by atoms with Gasteiger partial charge in [-0.05, 0) is 0 Å². The molecule has 42 heavy (non-hydrogen) atoms. The Labute approximate surface area is 299 Å². The maximum absolute atomic E-state index is 3.05. The minimum Gasteiger partial charge on any atom is -1.00 e. The number of halogens is 2. The van der Waals surface area contributed by atoms with Crippen molar-refractivity contribution >= 4 is 32.4 Å². The Morgan fingerprint density at radius 3 is 1.12 bits per heavy atom. The SMILES string of the molecule is CC1=CC[C-]=C1.CC1=CC[C-]=C1.C[Si](C)=[Zr+2].C[Si](C)=[Zr+2].Cc1cc2ccccc2[cH-]1.Cc1cc2ccccc2[cH-]1.[Cl-].[Cl-]. The molecule has 0 nitrogen and oxygen atoms in total. The number of rotatable bonds is 0. The van der Waals surface area contributed by atoms with E-state index in [9.17, 15) is 0 Å². The van der Waals surface area contributed by atoms with Gasteiger partial charge in [0.05, 0.1) is 0 Å². The first-order valence-electron chi connectivity index (χ1n) is 13.7. The fourth-order valence-corrected chi connectivity index (χ4v) is 3.61. The van der Waals surface area contributed by atoms with Crippen molar-refractivity contribution in [3.05, 3.63) is 132 Å². The van der Waals surface area contributed by atoms with Gasteiger partial charge in [0.15, 0.2) is 0 Å². The van der Waals surface area contributed by atoms with Crippen molar-refractivity contribution in [3.63, 3.8) is 0 Å². The summed E-state index contributed by atoms with van der Waals surface area (Å²) in [6.45, 7) is 17.7. The summed E-state index contributed by atoms with van der Waals surface area (Å²) in [6, 6.07) is 25.7. The summed E-state index contributed by atoms with van der Waals surface area (Å²) < 4.78 is 0. The summed E-state index contributed by atoms with van der Waals surface area (Å²) in [5, 5.41) is 5.39. The smallest absolute Gasteiger partial charge is 0.0579 e. The molecule has 0 atom stereocenters. The van der Waals surface area contributed by atoms with Crippen LogP contribution in [0, 0.1) is 26.0 Å². The number of allylic oxidation sites excluding steroid dienone is 8. The van der Waals surface area contributed by atoms with Gasteiger partial charge < -0.3 is 24.8 Å². The summed E-state index contributed by atoms with van der Waals surface area (Å²) in [5.74, 6) is 0. The van der Waals surface area contributed by atoms with Gasteiger partial charge in [0.25, 0.3) is 0 Å². The number of benzene rings is 2. The van der Waals surface area contributed by atoms with Gasteiger partial charge in [-0.25, -0.2) is 23.3 Å². The molecule has 0 N–H and O–H groups in total. The summed E-state index contributed by atoms with van der Waals surface area (Å²) in [4.78, 5) is 0. The van der Waals surface area contributed by atoms with E-state index in [1.807, 2.05) is 12.2 Å². The maximum atomic E-state index is 3.05. The molecule has 2 aliphatic rings. The first kappa shape index (κ1) is 43.5. The molecule has 6 heteroatoms. The largest absolute Gasteiger partial charge is 1.00 e. The van der Waals surface area contributed by atoms with Gasteiger partial charge in [-0.3, -0.25) is 12.2 Å². The van der Waals surface area contributed by atoms with E-state index in [0.717, 1.165) is 12.8 Å². The van der Waals surface area contributed by atoms with Crippen LogP contribution in [0.3, 0.4) is 0 Å². The molecule has 2 aliphatic carbocycles. The van der Waals surface area contributed by atoms with Gasteiger partial charge in [-0.15, -0.1) is 108 Å². The zero-order valence-electron chi connectivity index (χ0n) is 26.4. The average molecular weight is 786 g/mol. The van der Waals surface area contributed by atoms with Crippen molar-refractivity contribution in [2.75, 3.05) is 0 Å². The molecule has 0 aliphatic heterocycles. The molecule has 0 unspecified atom stereocenters. The maximum Gasteiger partial charge on any atom is -0.0579 e. The van der Waals surface area contributed by atoms with Gasteiger partial charge >= 0.3 is 83.7 Å². The Kier molecular flexibility index (Phi) is 26.6. The van der Waals surface area contributed by atoms with Crippen LogP contribution in [0.1, 0.15) is 37.8 Å². The minimum atomic E-state index is 0. The van der Waals surface area contributed by atoms with Crippen LogP contribution in [0.4, 0.5) is 0 Å². The fraction of sp³-hybridized carbons (Fsp3) is 0.278. The fourth-order valence-electron chi connectivity index (χ4n) is 3.61. The molecule has 0 radical (unpaired) electrons. The van der Waals surface area contributed by atoms with Crippen molar-refractivity contribution in [1.29, 1.82) is 0 Å². The quantitative estimate of drug-likeness (QED) is 0.179. The molecule has 4 aromatic rings. The van der Waals surface area contributed by atoms with E-state index in [1.165, 1.54) is 43.8 Å². The monoisotopic (exact) mass is 782 g/mol. The molecule has 0 saturated heterocycles. The zero-order chi connectivity index (χ0) is 29.9.